The van der Waals surface area contributed by atoms with E-state index in [9.17, 15) is 4.79 Å². The van der Waals surface area contributed by atoms with Crippen LogP contribution in [0.1, 0.15) is 47.2 Å². The summed E-state index contributed by atoms with van der Waals surface area (Å²) < 4.78 is 1.94. The number of nitrogens with zero attached hydrogens (tertiary/aromatic N) is 2. The lowest BCUT2D eigenvalue weighted by Crippen LogP contribution is -2.25. The smallest absolute Gasteiger partial charge is 0.167 e. The molecule has 1 aliphatic heterocycles. The summed E-state index contributed by atoms with van der Waals surface area (Å²) in [5.74, 6) is 7.20. The van der Waals surface area contributed by atoms with Gasteiger partial charge in [-0.25, -0.2) is 4.98 Å². The maximum Gasteiger partial charge on any atom is 0.167 e. The molecule has 0 bridgehead atoms. The number of hydrogen-bond donors (Lipinski definition) is 1. The van der Waals surface area contributed by atoms with E-state index in [1.54, 1.807) is 12.5 Å². The molecular weight excluding hydrogens is 370 g/mol. The van der Waals surface area contributed by atoms with Crippen molar-refractivity contribution in [2.24, 2.45) is 5.92 Å². The van der Waals surface area contributed by atoms with Crippen LogP contribution in [0.4, 0.5) is 0 Å². The van der Waals surface area contributed by atoms with E-state index < -0.39 is 0 Å². The van der Waals surface area contributed by atoms with Gasteiger partial charge in [0.2, 0.25) is 0 Å². The van der Waals surface area contributed by atoms with Gasteiger partial charge in [-0.2, -0.15) is 0 Å². The minimum atomic E-state index is 0.106. The highest BCUT2D eigenvalue weighted by Crippen LogP contribution is 2.15. The zero-order valence-corrected chi connectivity index (χ0v) is 17.2. The topological polar surface area (TPSA) is 46.9 Å². The summed E-state index contributed by atoms with van der Waals surface area (Å²) in [5.41, 5.74) is 3.62. The fraction of sp³-hybridized carbons (Fsp3) is 0.308. The molecule has 1 aliphatic rings. The van der Waals surface area contributed by atoms with Crippen molar-refractivity contribution in [3.63, 3.8) is 0 Å². The van der Waals surface area contributed by atoms with Gasteiger partial charge in [-0.3, -0.25) is 4.79 Å². The zero-order chi connectivity index (χ0) is 20.6. The number of carbonyl (C=O) groups is 1. The van der Waals surface area contributed by atoms with Gasteiger partial charge in [0.25, 0.3) is 0 Å². The Morgan fingerprint density at radius 2 is 2.07 bits per heavy atom. The Balaban J connectivity index is 1.44. The van der Waals surface area contributed by atoms with Gasteiger partial charge in [-0.1, -0.05) is 48.9 Å². The lowest BCUT2D eigenvalue weighted by Gasteiger charge is -2.15. The maximum absolute atomic E-state index is 12.9. The average Bonchev–Trinajstić information content (AvgIpc) is 3.28. The summed E-state index contributed by atoms with van der Waals surface area (Å²) in [4.78, 5) is 17.0. The fourth-order valence-corrected chi connectivity index (χ4v) is 3.80. The molecule has 4 rings (SSSR count). The van der Waals surface area contributed by atoms with Crippen LogP contribution in [0.15, 0.2) is 67.3 Å². The highest BCUT2D eigenvalue weighted by atomic mass is 16.1. The predicted octanol–water partition coefficient (Wildman–Crippen LogP) is 4.43. The Morgan fingerprint density at radius 3 is 2.97 bits per heavy atom. The molecule has 0 radical (unpaired) electrons. The van der Waals surface area contributed by atoms with Crippen LogP contribution < -0.4 is 5.32 Å². The van der Waals surface area contributed by atoms with E-state index in [0.29, 0.717) is 17.9 Å². The van der Waals surface area contributed by atoms with Gasteiger partial charge >= 0.3 is 0 Å². The minimum Gasteiger partial charge on any atom is -0.316 e. The van der Waals surface area contributed by atoms with E-state index in [1.165, 1.54) is 19.3 Å². The van der Waals surface area contributed by atoms with Crippen molar-refractivity contribution >= 4 is 5.78 Å². The van der Waals surface area contributed by atoms with Gasteiger partial charge in [-0.15, -0.1) is 0 Å². The van der Waals surface area contributed by atoms with E-state index in [4.69, 9.17) is 0 Å². The average molecular weight is 398 g/mol. The largest absolute Gasteiger partial charge is 0.316 e. The van der Waals surface area contributed by atoms with Gasteiger partial charge < -0.3 is 9.88 Å². The number of ketones is 1. The first-order valence-corrected chi connectivity index (χ1v) is 10.7. The molecule has 0 spiro atoms. The highest BCUT2D eigenvalue weighted by molar-refractivity contribution is 5.97. The summed E-state index contributed by atoms with van der Waals surface area (Å²) in [6, 6.07) is 15.7. The number of aromatic nitrogens is 2. The summed E-state index contributed by atoms with van der Waals surface area (Å²) >= 11 is 0. The van der Waals surface area contributed by atoms with Gasteiger partial charge in [0.1, 0.15) is 0 Å². The van der Waals surface area contributed by atoms with Crippen LogP contribution in [-0.4, -0.2) is 28.4 Å². The number of Topliss-reactive ketones (excluding diaryl/α,β-unsaturated/α-hetero) is 1. The van der Waals surface area contributed by atoms with E-state index in [2.05, 4.69) is 22.1 Å². The van der Waals surface area contributed by atoms with Crippen LogP contribution in [0.2, 0.25) is 0 Å². The number of imidazole rings is 1. The number of benzene rings is 2. The molecule has 3 aromatic rings. The minimum absolute atomic E-state index is 0.106. The Labute approximate surface area is 178 Å². The molecule has 2 heterocycles. The van der Waals surface area contributed by atoms with E-state index in [1.807, 2.05) is 59.3 Å². The van der Waals surface area contributed by atoms with Crippen LogP contribution >= 0.6 is 0 Å². The van der Waals surface area contributed by atoms with Crippen molar-refractivity contribution in [2.45, 2.75) is 32.1 Å². The second-order valence-electron chi connectivity index (χ2n) is 7.84. The Morgan fingerprint density at radius 1 is 1.13 bits per heavy atom. The van der Waals surface area contributed by atoms with Crippen molar-refractivity contribution in [3.05, 3.63) is 83.9 Å². The fourth-order valence-electron chi connectivity index (χ4n) is 3.80. The lowest BCUT2D eigenvalue weighted by atomic mass is 9.98. The van der Waals surface area contributed by atoms with Crippen molar-refractivity contribution in [2.75, 3.05) is 13.1 Å². The Kier molecular flexibility index (Phi) is 6.74. The molecule has 4 heteroatoms. The Bertz CT molecular complexity index is 1040. The van der Waals surface area contributed by atoms with E-state index in [0.717, 1.165) is 36.3 Å². The molecule has 1 saturated heterocycles. The molecule has 0 saturated carbocycles. The van der Waals surface area contributed by atoms with Crippen LogP contribution in [-0.2, 0) is 6.42 Å². The van der Waals surface area contributed by atoms with Crippen LogP contribution in [0, 0.1) is 17.8 Å². The van der Waals surface area contributed by atoms with Crippen molar-refractivity contribution < 1.29 is 4.79 Å². The second kappa shape index (κ2) is 10.0. The second-order valence-corrected chi connectivity index (χ2v) is 7.84. The molecule has 1 N–H and O–H groups in total. The Hall–Kier alpha value is -3.16. The molecule has 0 amide bonds. The molecule has 1 unspecified atom stereocenters. The third-order valence-corrected chi connectivity index (χ3v) is 5.48. The molecule has 1 fully saturated rings. The number of hydrogen-bond acceptors (Lipinski definition) is 3. The quantitative estimate of drug-likeness (QED) is 0.523. The summed E-state index contributed by atoms with van der Waals surface area (Å²) in [6.45, 7) is 2.04. The van der Waals surface area contributed by atoms with E-state index >= 15 is 0 Å². The lowest BCUT2D eigenvalue weighted by molar-refractivity contribution is 0.0993. The third-order valence-electron chi connectivity index (χ3n) is 5.48. The summed E-state index contributed by atoms with van der Waals surface area (Å²) in [7, 11) is 0. The van der Waals surface area contributed by atoms with Crippen LogP contribution in [0.5, 0.6) is 0 Å². The SMILES string of the molecule is O=C(Cc1cccc(-n2ccnc2)c1)c1cccc(C#CC2CCCCCNC2)c1. The summed E-state index contributed by atoms with van der Waals surface area (Å²) in [5, 5.41) is 3.48. The third kappa shape index (κ3) is 5.46. The van der Waals surface area contributed by atoms with Gasteiger partial charge in [-0.05, 0) is 49.2 Å². The number of nitrogens with one attached hydrogen (secondary N) is 1. The predicted molar refractivity (Wildman–Crippen MR) is 120 cm³/mol. The molecule has 0 aliphatic carbocycles. The molecule has 30 heavy (non-hydrogen) atoms. The first kappa shape index (κ1) is 20.1. The van der Waals surface area contributed by atoms with Crippen molar-refractivity contribution in [1.29, 1.82) is 0 Å². The standard InChI is InChI=1S/C26H27N3O/c30-26(18-23-8-5-10-25(17-23)29-15-14-28-20-29)24-9-4-7-21(16-24)11-12-22-6-2-1-3-13-27-19-22/h4-5,7-10,14-17,20,22,27H,1-3,6,13,18-19H2. The first-order valence-electron chi connectivity index (χ1n) is 10.7. The molecule has 152 valence electrons. The molecule has 4 nitrogen and oxygen atoms in total. The normalized spacial score (nSPS) is 16.7. The van der Waals surface area contributed by atoms with Gasteiger partial charge in [0.15, 0.2) is 5.78 Å². The molecule has 1 atom stereocenters. The maximum atomic E-state index is 12.9. The highest BCUT2D eigenvalue weighted by Gasteiger charge is 2.10. The summed E-state index contributed by atoms with van der Waals surface area (Å²) in [6.07, 6.45) is 10.7. The number of carbonyl (C=O) groups excluding carboxylic acids is 1. The van der Waals surface area contributed by atoms with Gasteiger partial charge in [0, 0.05) is 48.1 Å². The molecule has 1 aromatic heterocycles. The molecule has 2 aromatic carbocycles. The van der Waals surface area contributed by atoms with Crippen molar-refractivity contribution in [3.8, 4) is 17.5 Å². The zero-order valence-electron chi connectivity index (χ0n) is 17.2. The van der Waals surface area contributed by atoms with Crippen LogP contribution in [0.25, 0.3) is 5.69 Å². The van der Waals surface area contributed by atoms with Crippen molar-refractivity contribution in [1.82, 2.24) is 14.9 Å². The number of rotatable bonds is 4. The monoisotopic (exact) mass is 397 g/mol. The first-order chi connectivity index (χ1) is 14.8. The molecular formula is C26H27N3O. The van der Waals surface area contributed by atoms with Gasteiger partial charge in [0.05, 0.1) is 6.33 Å². The van der Waals surface area contributed by atoms with Crippen LogP contribution in [0.3, 0.4) is 0 Å². The van der Waals surface area contributed by atoms with E-state index in [-0.39, 0.29) is 5.78 Å².